The van der Waals surface area contributed by atoms with Crippen molar-refractivity contribution in [3.63, 3.8) is 0 Å². The summed E-state index contributed by atoms with van der Waals surface area (Å²) < 4.78 is 16.5. The van der Waals surface area contributed by atoms with Crippen molar-refractivity contribution in [1.82, 2.24) is 0 Å². The van der Waals surface area contributed by atoms with Gasteiger partial charge >= 0.3 is 0 Å². The highest BCUT2D eigenvalue weighted by atomic mass is 16.6. The van der Waals surface area contributed by atoms with Gasteiger partial charge in [0.05, 0.1) is 33.0 Å². The van der Waals surface area contributed by atoms with Crippen molar-refractivity contribution < 1.29 is 19.3 Å². The molecule has 0 unspecified atom stereocenters. The molecule has 1 aliphatic rings. The minimum Gasteiger partial charge on any atom is -0.394 e. The highest BCUT2D eigenvalue weighted by Crippen LogP contribution is 2.09. The van der Waals surface area contributed by atoms with Gasteiger partial charge in [0.1, 0.15) is 12.2 Å². The van der Waals surface area contributed by atoms with Gasteiger partial charge in [0.15, 0.2) is 0 Å². The molecule has 1 fully saturated rings. The summed E-state index contributed by atoms with van der Waals surface area (Å²) in [4.78, 5) is 0. The smallest absolute Gasteiger partial charge is 0.105 e. The number of aliphatic hydroxyl groups excluding tert-OH is 1. The lowest BCUT2D eigenvalue weighted by atomic mass is 10.2. The van der Waals surface area contributed by atoms with Gasteiger partial charge in [-0.2, -0.15) is 0 Å². The number of hydrogen-bond acceptors (Lipinski definition) is 4. The largest absolute Gasteiger partial charge is 0.394 e. The molecule has 1 aromatic carbocycles. The molecule has 1 aliphatic heterocycles. The number of hydrogen-bond donors (Lipinski definition) is 1. The highest BCUT2D eigenvalue weighted by Gasteiger charge is 2.22. The van der Waals surface area contributed by atoms with Crippen LogP contribution in [-0.4, -0.2) is 43.7 Å². The van der Waals surface area contributed by atoms with E-state index in [1.807, 2.05) is 30.3 Å². The monoisotopic (exact) mass is 238 g/mol. The van der Waals surface area contributed by atoms with Crippen LogP contribution in [0, 0.1) is 0 Å². The van der Waals surface area contributed by atoms with E-state index in [9.17, 15) is 0 Å². The fourth-order valence-corrected chi connectivity index (χ4v) is 1.75. The van der Waals surface area contributed by atoms with Crippen molar-refractivity contribution >= 4 is 0 Å². The van der Waals surface area contributed by atoms with E-state index in [1.54, 1.807) is 0 Å². The Hall–Kier alpha value is -0.940. The molecule has 0 bridgehead atoms. The Kier molecular flexibility index (Phi) is 4.94. The van der Waals surface area contributed by atoms with Gasteiger partial charge in [0.25, 0.3) is 0 Å². The SMILES string of the molecule is OC[C@@H]1COC[C@H](COCc2ccccc2)O1. The van der Waals surface area contributed by atoms with Crippen LogP contribution in [0.5, 0.6) is 0 Å². The molecule has 0 amide bonds. The summed E-state index contributed by atoms with van der Waals surface area (Å²) in [5.74, 6) is 0. The third kappa shape index (κ3) is 4.09. The van der Waals surface area contributed by atoms with Gasteiger partial charge in [-0.1, -0.05) is 30.3 Å². The normalized spacial score (nSPS) is 24.8. The maximum absolute atomic E-state index is 8.97. The zero-order chi connectivity index (χ0) is 11.9. The number of benzene rings is 1. The zero-order valence-electron chi connectivity index (χ0n) is 9.75. The lowest BCUT2D eigenvalue weighted by Gasteiger charge is -2.28. The van der Waals surface area contributed by atoms with E-state index in [-0.39, 0.29) is 18.8 Å². The first kappa shape index (κ1) is 12.5. The molecule has 1 heterocycles. The van der Waals surface area contributed by atoms with Crippen LogP contribution in [-0.2, 0) is 20.8 Å². The molecule has 1 aromatic rings. The maximum atomic E-state index is 8.97. The van der Waals surface area contributed by atoms with Gasteiger partial charge < -0.3 is 19.3 Å². The Bertz CT molecular complexity index is 314. The maximum Gasteiger partial charge on any atom is 0.105 e. The van der Waals surface area contributed by atoms with Gasteiger partial charge in [-0.25, -0.2) is 0 Å². The summed E-state index contributed by atoms with van der Waals surface area (Å²) in [5.41, 5.74) is 1.14. The molecule has 4 heteroatoms. The van der Waals surface area contributed by atoms with Crippen molar-refractivity contribution in [2.75, 3.05) is 26.4 Å². The van der Waals surface area contributed by atoms with Crippen LogP contribution in [0.25, 0.3) is 0 Å². The molecule has 0 aromatic heterocycles. The number of aliphatic hydroxyl groups is 1. The van der Waals surface area contributed by atoms with E-state index < -0.39 is 0 Å². The van der Waals surface area contributed by atoms with Gasteiger partial charge in [-0.15, -0.1) is 0 Å². The second kappa shape index (κ2) is 6.71. The standard InChI is InChI=1S/C13H18O4/c14-6-12-8-16-10-13(17-12)9-15-7-11-4-2-1-3-5-11/h1-5,12-14H,6-10H2/t12-,13+/m1/s1. The van der Waals surface area contributed by atoms with Crippen LogP contribution >= 0.6 is 0 Å². The molecule has 0 saturated carbocycles. The van der Waals surface area contributed by atoms with E-state index in [0.717, 1.165) is 5.56 Å². The molecule has 0 spiro atoms. The molecule has 0 aliphatic carbocycles. The van der Waals surface area contributed by atoms with Crippen LogP contribution in [0.3, 0.4) is 0 Å². The summed E-state index contributed by atoms with van der Waals surface area (Å²) in [6, 6.07) is 10.00. The van der Waals surface area contributed by atoms with Crippen molar-refractivity contribution in [2.45, 2.75) is 18.8 Å². The molecule has 4 nitrogen and oxygen atoms in total. The van der Waals surface area contributed by atoms with Gasteiger partial charge in [0, 0.05) is 0 Å². The predicted molar refractivity (Wildman–Crippen MR) is 62.7 cm³/mol. The molecule has 0 radical (unpaired) electrons. The summed E-state index contributed by atoms with van der Waals surface area (Å²) in [6.07, 6.45) is -0.293. The van der Waals surface area contributed by atoms with E-state index in [4.69, 9.17) is 19.3 Å². The molecular formula is C13H18O4. The average molecular weight is 238 g/mol. The molecule has 2 atom stereocenters. The fraction of sp³-hybridized carbons (Fsp3) is 0.538. The summed E-state index contributed by atoms with van der Waals surface area (Å²) in [7, 11) is 0. The highest BCUT2D eigenvalue weighted by molar-refractivity contribution is 5.13. The average Bonchev–Trinajstić information content (AvgIpc) is 2.40. The molecule has 1 saturated heterocycles. The van der Waals surface area contributed by atoms with Crippen molar-refractivity contribution in [2.24, 2.45) is 0 Å². The van der Waals surface area contributed by atoms with Gasteiger partial charge in [-0.3, -0.25) is 0 Å². The van der Waals surface area contributed by atoms with E-state index in [0.29, 0.717) is 26.4 Å². The van der Waals surface area contributed by atoms with Crippen LogP contribution < -0.4 is 0 Å². The Morgan fingerprint density at radius 2 is 1.94 bits per heavy atom. The topological polar surface area (TPSA) is 47.9 Å². The third-order valence-electron chi connectivity index (χ3n) is 2.61. The summed E-state index contributed by atoms with van der Waals surface area (Å²) in [6.45, 7) is 2.06. The quantitative estimate of drug-likeness (QED) is 0.830. The van der Waals surface area contributed by atoms with E-state index in [1.165, 1.54) is 0 Å². The fourth-order valence-electron chi connectivity index (χ4n) is 1.75. The second-order valence-electron chi connectivity index (χ2n) is 4.10. The first-order chi connectivity index (χ1) is 8.38. The minimum atomic E-state index is -0.214. The lowest BCUT2D eigenvalue weighted by Crippen LogP contribution is -2.40. The molecule has 94 valence electrons. The summed E-state index contributed by atoms with van der Waals surface area (Å²) in [5, 5.41) is 8.97. The Labute approximate surface area is 101 Å². The van der Waals surface area contributed by atoms with Crippen LogP contribution in [0.4, 0.5) is 0 Å². The van der Waals surface area contributed by atoms with Gasteiger partial charge in [-0.05, 0) is 5.56 Å². The van der Waals surface area contributed by atoms with Crippen LogP contribution in [0.1, 0.15) is 5.56 Å². The van der Waals surface area contributed by atoms with Crippen LogP contribution in [0.15, 0.2) is 30.3 Å². The molecular weight excluding hydrogens is 220 g/mol. The van der Waals surface area contributed by atoms with Crippen LogP contribution in [0.2, 0.25) is 0 Å². The molecule has 1 N–H and O–H groups in total. The van der Waals surface area contributed by atoms with E-state index in [2.05, 4.69) is 0 Å². The van der Waals surface area contributed by atoms with Gasteiger partial charge in [0.2, 0.25) is 0 Å². The predicted octanol–water partition coefficient (Wildman–Crippen LogP) is 0.979. The summed E-state index contributed by atoms with van der Waals surface area (Å²) >= 11 is 0. The lowest BCUT2D eigenvalue weighted by molar-refractivity contribution is -0.168. The minimum absolute atomic E-state index is 0.00478. The van der Waals surface area contributed by atoms with Crippen molar-refractivity contribution in [3.05, 3.63) is 35.9 Å². The first-order valence-corrected chi connectivity index (χ1v) is 5.84. The Balaban J connectivity index is 1.68. The third-order valence-corrected chi connectivity index (χ3v) is 2.61. The number of ether oxygens (including phenoxy) is 3. The first-order valence-electron chi connectivity index (χ1n) is 5.84. The second-order valence-corrected chi connectivity index (χ2v) is 4.10. The molecule has 17 heavy (non-hydrogen) atoms. The zero-order valence-corrected chi connectivity index (χ0v) is 9.75. The molecule has 2 rings (SSSR count). The number of rotatable bonds is 5. The Morgan fingerprint density at radius 1 is 1.18 bits per heavy atom. The van der Waals surface area contributed by atoms with E-state index >= 15 is 0 Å². The Morgan fingerprint density at radius 3 is 2.71 bits per heavy atom. The van der Waals surface area contributed by atoms with Crippen molar-refractivity contribution in [3.8, 4) is 0 Å². The van der Waals surface area contributed by atoms with Crippen molar-refractivity contribution in [1.29, 1.82) is 0 Å².